The zero-order valence-electron chi connectivity index (χ0n) is 16.5. The summed E-state index contributed by atoms with van der Waals surface area (Å²) in [6.07, 6.45) is 8.21. The SMILES string of the molecule is C=CCn1c(COc2ccc3c(c2)CCCC3)nnc1SCC(=O)Nc1nccs1. The minimum absolute atomic E-state index is 0.130. The van der Waals surface area contributed by atoms with Gasteiger partial charge in [0.05, 0.1) is 5.75 Å². The van der Waals surface area contributed by atoms with Crippen LogP contribution in [0.2, 0.25) is 0 Å². The number of nitrogens with zero attached hydrogens (tertiary/aromatic N) is 4. The Bertz CT molecular complexity index is 1020. The number of thiazole rings is 1. The average Bonchev–Trinajstić information content (AvgIpc) is 3.41. The molecule has 0 aliphatic heterocycles. The Morgan fingerprint density at radius 1 is 1.30 bits per heavy atom. The van der Waals surface area contributed by atoms with Gasteiger partial charge in [-0.25, -0.2) is 4.98 Å². The van der Waals surface area contributed by atoms with Crippen LogP contribution in [0.25, 0.3) is 0 Å². The molecule has 1 amide bonds. The molecule has 0 spiro atoms. The molecular weight excluding hydrogens is 418 g/mol. The van der Waals surface area contributed by atoms with Crippen molar-refractivity contribution in [1.29, 1.82) is 0 Å². The number of carbonyl (C=O) groups excluding carboxylic acids is 1. The molecule has 0 fully saturated rings. The first kappa shape index (κ1) is 20.6. The van der Waals surface area contributed by atoms with Crippen LogP contribution in [0.15, 0.2) is 47.6 Å². The fourth-order valence-electron chi connectivity index (χ4n) is 3.36. The lowest BCUT2D eigenvalue weighted by molar-refractivity contribution is -0.113. The van der Waals surface area contributed by atoms with Gasteiger partial charge in [-0.1, -0.05) is 23.9 Å². The van der Waals surface area contributed by atoms with Gasteiger partial charge >= 0.3 is 0 Å². The van der Waals surface area contributed by atoms with Crippen LogP contribution in [0, 0.1) is 0 Å². The summed E-state index contributed by atoms with van der Waals surface area (Å²) < 4.78 is 7.92. The van der Waals surface area contributed by atoms with Crippen LogP contribution in [0.3, 0.4) is 0 Å². The van der Waals surface area contributed by atoms with Crippen LogP contribution in [-0.4, -0.2) is 31.4 Å². The van der Waals surface area contributed by atoms with E-state index in [-0.39, 0.29) is 11.7 Å². The van der Waals surface area contributed by atoms with Gasteiger partial charge in [0.1, 0.15) is 12.4 Å². The summed E-state index contributed by atoms with van der Waals surface area (Å²) in [6, 6.07) is 6.33. The van der Waals surface area contributed by atoms with Crippen LogP contribution >= 0.6 is 23.1 Å². The highest BCUT2D eigenvalue weighted by atomic mass is 32.2. The number of ether oxygens (including phenoxy) is 1. The Balaban J connectivity index is 1.38. The van der Waals surface area contributed by atoms with Crippen molar-refractivity contribution < 1.29 is 9.53 Å². The van der Waals surface area contributed by atoms with E-state index in [4.69, 9.17) is 4.74 Å². The molecule has 156 valence electrons. The number of aryl methyl sites for hydroxylation is 2. The summed E-state index contributed by atoms with van der Waals surface area (Å²) in [7, 11) is 0. The second-order valence-corrected chi connectivity index (χ2v) is 8.74. The topological polar surface area (TPSA) is 81.9 Å². The van der Waals surface area contributed by atoms with Crippen LogP contribution < -0.4 is 10.1 Å². The number of anilines is 1. The molecule has 0 radical (unpaired) electrons. The highest BCUT2D eigenvalue weighted by molar-refractivity contribution is 7.99. The molecular formula is C21H23N5O2S2. The largest absolute Gasteiger partial charge is 0.486 e. The summed E-state index contributed by atoms with van der Waals surface area (Å²) in [6.45, 7) is 4.68. The molecule has 0 bridgehead atoms. The number of hydrogen-bond donors (Lipinski definition) is 1. The Hall–Kier alpha value is -2.65. The van der Waals surface area contributed by atoms with Gasteiger partial charge in [0.2, 0.25) is 5.91 Å². The number of rotatable bonds is 9. The molecule has 0 saturated heterocycles. The summed E-state index contributed by atoms with van der Waals surface area (Å²) in [5.74, 6) is 1.65. The third-order valence-corrected chi connectivity index (χ3v) is 6.46. The monoisotopic (exact) mass is 441 g/mol. The first-order valence-electron chi connectivity index (χ1n) is 9.82. The zero-order chi connectivity index (χ0) is 20.8. The third kappa shape index (κ3) is 5.09. The number of benzene rings is 1. The lowest BCUT2D eigenvalue weighted by atomic mass is 9.92. The van der Waals surface area contributed by atoms with Crippen molar-refractivity contribution >= 4 is 34.1 Å². The maximum Gasteiger partial charge on any atom is 0.236 e. The second-order valence-electron chi connectivity index (χ2n) is 6.90. The lowest BCUT2D eigenvalue weighted by Crippen LogP contribution is -2.14. The van der Waals surface area contributed by atoms with Gasteiger partial charge < -0.3 is 10.1 Å². The van der Waals surface area contributed by atoms with Crippen LogP contribution in [0.5, 0.6) is 5.75 Å². The van der Waals surface area contributed by atoms with Crippen molar-refractivity contribution in [2.75, 3.05) is 11.1 Å². The van der Waals surface area contributed by atoms with E-state index in [0.717, 1.165) is 18.6 Å². The van der Waals surface area contributed by atoms with E-state index in [0.29, 0.717) is 29.3 Å². The van der Waals surface area contributed by atoms with E-state index in [9.17, 15) is 4.79 Å². The Morgan fingerprint density at radius 2 is 2.17 bits per heavy atom. The van der Waals surface area contributed by atoms with E-state index < -0.39 is 0 Å². The molecule has 0 unspecified atom stereocenters. The molecule has 9 heteroatoms. The van der Waals surface area contributed by atoms with E-state index in [1.54, 1.807) is 12.3 Å². The highest BCUT2D eigenvalue weighted by Gasteiger charge is 2.15. The van der Waals surface area contributed by atoms with Gasteiger partial charge in [0.15, 0.2) is 16.1 Å². The number of carbonyl (C=O) groups is 1. The number of hydrogen-bond acceptors (Lipinski definition) is 7. The molecule has 2 heterocycles. The minimum atomic E-state index is -0.130. The van der Waals surface area contributed by atoms with Crippen molar-refractivity contribution in [1.82, 2.24) is 19.7 Å². The summed E-state index contributed by atoms with van der Waals surface area (Å²) in [5.41, 5.74) is 2.81. The van der Waals surface area contributed by atoms with Crippen LogP contribution in [0.1, 0.15) is 29.8 Å². The molecule has 2 aromatic heterocycles. The second kappa shape index (κ2) is 9.90. The van der Waals surface area contributed by atoms with Gasteiger partial charge in [-0.2, -0.15) is 0 Å². The molecule has 30 heavy (non-hydrogen) atoms. The molecule has 1 aliphatic rings. The predicted molar refractivity (Wildman–Crippen MR) is 119 cm³/mol. The molecule has 1 aromatic carbocycles. The van der Waals surface area contributed by atoms with Gasteiger partial charge in [-0.3, -0.25) is 9.36 Å². The number of aromatic nitrogens is 4. The van der Waals surface area contributed by atoms with Crippen molar-refractivity contribution in [3.8, 4) is 5.75 Å². The summed E-state index contributed by atoms with van der Waals surface area (Å²) in [4.78, 5) is 16.2. The number of allylic oxidation sites excluding steroid dienone is 1. The normalized spacial score (nSPS) is 12.9. The average molecular weight is 442 g/mol. The molecule has 7 nitrogen and oxygen atoms in total. The first-order chi connectivity index (χ1) is 14.7. The number of fused-ring (bicyclic) bond motifs is 1. The van der Waals surface area contributed by atoms with Gasteiger partial charge in [0.25, 0.3) is 0 Å². The third-order valence-electron chi connectivity index (χ3n) is 4.80. The Morgan fingerprint density at radius 3 is 2.97 bits per heavy atom. The molecule has 1 aliphatic carbocycles. The van der Waals surface area contributed by atoms with Crippen molar-refractivity contribution in [3.63, 3.8) is 0 Å². The van der Waals surface area contributed by atoms with Gasteiger partial charge in [-0.15, -0.1) is 28.1 Å². The molecule has 4 rings (SSSR count). The summed E-state index contributed by atoms with van der Waals surface area (Å²) >= 11 is 2.71. The van der Waals surface area contributed by atoms with Crippen molar-refractivity contribution in [2.45, 2.75) is 44.0 Å². The summed E-state index contributed by atoms with van der Waals surface area (Å²) in [5, 5.41) is 14.3. The smallest absolute Gasteiger partial charge is 0.236 e. The fourth-order valence-corrected chi connectivity index (χ4v) is 4.67. The van der Waals surface area contributed by atoms with Crippen molar-refractivity contribution in [2.24, 2.45) is 0 Å². The maximum atomic E-state index is 12.1. The lowest BCUT2D eigenvalue weighted by Gasteiger charge is -2.16. The standard InChI is InChI=1S/C21H23N5O2S2/c1-2-10-26-18(13-28-17-8-7-15-5-3-4-6-16(15)12-17)24-25-21(26)30-14-19(27)23-20-22-9-11-29-20/h2,7-9,11-12H,1,3-6,10,13-14H2,(H,22,23,27). The molecule has 0 atom stereocenters. The van der Waals surface area contributed by atoms with Gasteiger partial charge in [0, 0.05) is 18.1 Å². The number of amides is 1. The van der Waals surface area contributed by atoms with E-state index in [1.807, 2.05) is 16.0 Å². The number of thioether (sulfide) groups is 1. The minimum Gasteiger partial charge on any atom is -0.486 e. The van der Waals surface area contributed by atoms with Gasteiger partial charge in [-0.05, 0) is 48.9 Å². The Labute approximate surface area is 183 Å². The highest BCUT2D eigenvalue weighted by Crippen LogP contribution is 2.26. The molecule has 1 N–H and O–H groups in total. The molecule has 0 saturated carbocycles. The van der Waals surface area contributed by atoms with Crippen LogP contribution in [0.4, 0.5) is 5.13 Å². The van der Waals surface area contributed by atoms with E-state index in [1.165, 1.54) is 47.1 Å². The van der Waals surface area contributed by atoms with E-state index in [2.05, 4.69) is 39.2 Å². The first-order valence-corrected chi connectivity index (χ1v) is 11.7. The Kier molecular flexibility index (Phi) is 6.81. The van der Waals surface area contributed by atoms with Crippen molar-refractivity contribution in [3.05, 3.63) is 59.4 Å². The zero-order valence-corrected chi connectivity index (χ0v) is 18.2. The van der Waals surface area contributed by atoms with Crippen LogP contribution in [-0.2, 0) is 30.8 Å². The van der Waals surface area contributed by atoms with E-state index >= 15 is 0 Å². The fraction of sp³-hybridized carbons (Fsp3) is 0.333. The maximum absolute atomic E-state index is 12.1. The quantitative estimate of drug-likeness (QED) is 0.398. The predicted octanol–water partition coefficient (Wildman–Crippen LogP) is 4.11. The molecule has 3 aromatic rings. The number of nitrogens with one attached hydrogen (secondary N) is 1.